The monoisotopic (exact) mass is 219 g/mol. The second-order valence-corrected chi connectivity index (χ2v) is 4.06. The third-order valence-corrected chi connectivity index (χ3v) is 2.32. The zero-order chi connectivity index (χ0) is 10.8. The van der Waals surface area contributed by atoms with Crippen LogP contribution in [0.3, 0.4) is 0 Å². The van der Waals surface area contributed by atoms with Crippen LogP contribution in [0, 0.1) is 5.92 Å². The summed E-state index contributed by atoms with van der Waals surface area (Å²) >= 11 is 5.93. The number of nitrogens with zero attached hydrogens (tertiary/aromatic N) is 1. The molecule has 1 unspecified atom stereocenters. The Morgan fingerprint density at radius 3 is 2.86 bits per heavy atom. The van der Waals surface area contributed by atoms with E-state index in [0.717, 1.165) is 5.71 Å². The zero-order valence-electron chi connectivity index (χ0n) is 8.54. The number of hydrogen-bond acceptors (Lipinski definition) is 4. The maximum absolute atomic E-state index is 11.4. The molecule has 1 aliphatic rings. The Bertz CT molecular complexity index is 265. The van der Waals surface area contributed by atoms with Crippen molar-refractivity contribution < 1.29 is 14.4 Å². The van der Waals surface area contributed by atoms with Crippen LogP contribution in [0.25, 0.3) is 0 Å². The number of ether oxygens (including phenoxy) is 1. The molecule has 0 fully saturated rings. The number of oxime groups is 1. The number of hydrogen-bond donors (Lipinski definition) is 0. The molecule has 1 atom stereocenters. The molecule has 5 heteroatoms. The first-order chi connectivity index (χ1) is 6.49. The number of rotatable bonds is 3. The van der Waals surface area contributed by atoms with Crippen molar-refractivity contribution in [3.05, 3.63) is 0 Å². The molecule has 4 nitrogen and oxygen atoms in total. The summed E-state index contributed by atoms with van der Waals surface area (Å²) < 4.78 is 4.79. The van der Waals surface area contributed by atoms with Crippen molar-refractivity contribution in [2.45, 2.75) is 32.3 Å². The van der Waals surface area contributed by atoms with Gasteiger partial charge in [0.25, 0.3) is 0 Å². The third-order valence-electron chi connectivity index (χ3n) is 1.96. The molecule has 0 amide bonds. The van der Waals surface area contributed by atoms with Gasteiger partial charge in [-0.1, -0.05) is 30.6 Å². The number of carbonyl (C=O) groups is 1. The maximum Gasteiger partial charge on any atom is 0.369 e. The minimum atomic E-state index is -1.43. The molecule has 0 aromatic carbocycles. The first kappa shape index (κ1) is 11.3. The van der Waals surface area contributed by atoms with Crippen LogP contribution in [0.1, 0.15) is 27.2 Å². The predicted molar refractivity (Wildman–Crippen MR) is 53.2 cm³/mol. The molecule has 0 spiro atoms. The molecule has 0 aromatic heterocycles. The Morgan fingerprint density at radius 1 is 1.79 bits per heavy atom. The Labute approximate surface area is 88.2 Å². The van der Waals surface area contributed by atoms with Crippen molar-refractivity contribution in [3.8, 4) is 0 Å². The van der Waals surface area contributed by atoms with Crippen LogP contribution in [0.5, 0.6) is 0 Å². The van der Waals surface area contributed by atoms with Gasteiger partial charge in [0.05, 0.1) is 18.7 Å². The van der Waals surface area contributed by atoms with Gasteiger partial charge in [-0.3, -0.25) is 0 Å². The van der Waals surface area contributed by atoms with Crippen molar-refractivity contribution in [1.29, 1.82) is 0 Å². The van der Waals surface area contributed by atoms with E-state index in [-0.39, 0.29) is 12.5 Å². The summed E-state index contributed by atoms with van der Waals surface area (Å²) in [6.45, 7) is 5.94. The number of esters is 1. The molecule has 0 saturated carbocycles. The highest BCUT2D eigenvalue weighted by Crippen LogP contribution is 2.31. The van der Waals surface area contributed by atoms with Crippen molar-refractivity contribution in [1.82, 2.24) is 0 Å². The van der Waals surface area contributed by atoms with E-state index in [1.807, 2.05) is 13.8 Å². The highest BCUT2D eigenvalue weighted by Gasteiger charge is 2.46. The van der Waals surface area contributed by atoms with Gasteiger partial charge >= 0.3 is 11.0 Å². The van der Waals surface area contributed by atoms with E-state index in [9.17, 15) is 4.79 Å². The lowest BCUT2D eigenvalue weighted by molar-refractivity contribution is -0.159. The Balaban J connectivity index is 2.61. The second-order valence-electron chi connectivity index (χ2n) is 3.45. The molecule has 1 heterocycles. The summed E-state index contributed by atoms with van der Waals surface area (Å²) in [6.07, 6.45) is 0.297. The van der Waals surface area contributed by atoms with E-state index in [0.29, 0.717) is 6.42 Å². The molecule has 80 valence electrons. The average molecular weight is 220 g/mol. The van der Waals surface area contributed by atoms with Crippen molar-refractivity contribution in [2.24, 2.45) is 11.1 Å². The Kier molecular flexibility index (Phi) is 3.37. The highest BCUT2D eigenvalue weighted by molar-refractivity contribution is 6.34. The fourth-order valence-corrected chi connectivity index (χ4v) is 1.31. The first-order valence-electron chi connectivity index (χ1n) is 4.60. The van der Waals surface area contributed by atoms with Crippen LogP contribution >= 0.6 is 11.6 Å². The lowest BCUT2D eigenvalue weighted by Gasteiger charge is -2.16. The van der Waals surface area contributed by atoms with E-state index in [2.05, 4.69) is 5.16 Å². The minimum Gasteiger partial charge on any atom is -0.462 e. The topological polar surface area (TPSA) is 47.9 Å². The fourth-order valence-electron chi connectivity index (χ4n) is 1.09. The molecule has 0 saturated heterocycles. The minimum absolute atomic E-state index is 0.227. The van der Waals surface area contributed by atoms with Crippen molar-refractivity contribution in [2.75, 3.05) is 6.61 Å². The first-order valence-corrected chi connectivity index (χ1v) is 4.98. The van der Waals surface area contributed by atoms with Gasteiger partial charge in [-0.2, -0.15) is 0 Å². The molecule has 0 bridgehead atoms. The number of carbonyl (C=O) groups excluding carboxylic acids is 1. The van der Waals surface area contributed by atoms with Gasteiger partial charge < -0.3 is 9.57 Å². The summed E-state index contributed by atoms with van der Waals surface area (Å²) in [5.74, 6) is -0.342. The predicted octanol–water partition coefficient (Wildman–Crippen LogP) is 1.92. The molecule has 14 heavy (non-hydrogen) atoms. The van der Waals surface area contributed by atoms with Crippen LogP contribution in [0.15, 0.2) is 5.16 Å². The molecule has 0 aromatic rings. The zero-order valence-corrected chi connectivity index (χ0v) is 9.30. The summed E-state index contributed by atoms with van der Waals surface area (Å²) in [7, 11) is 0. The SMILES string of the molecule is CCOC(=O)C1(Cl)CC(C(C)C)=NO1. The van der Waals surface area contributed by atoms with Crippen LogP contribution in [-0.2, 0) is 14.4 Å². The van der Waals surface area contributed by atoms with Crippen LogP contribution in [0.4, 0.5) is 0 Å². The molecule has 0 aliphatic carbocycles. The van der Waals surface area contributed by atoms with E-state index in [1.165, 1.54) is 0 Å². The highest BCUT2D eigenvalue weighted by atomic mass is 35.5. The van der Waals surface area contributed by atoms with Gasteiger partial charge in [0.2, 0.25) is 0 Å². The molecule has 0 radical (unpaired) electrons. The van der Waals surface area contributed by atoms with Crippen LogP contribution in [0.2, 0.25) is 0 Å². The summed E-state index contributed by atoms with van der Waals surface area (Å²) in [4.78, 5) is 16.3. The lowest BCUT2D eigenvalue weighted by atomic mass is 10.0. The normalized spacial score (nSPS) is 25.9. The van der Waals surface area contributed by atoms with Gasteiger partial charge in [0.1, 0.15) is 0 Å². The molecular weight excluding hydrogens is 206 g/mol. The van der Waals surface area contributed by atoms with Gasteiger partial charge in [0, 0.05) is 0 Å². The maximum atomic E-state index is 11.4. The third kappa shape index (κ3) is 2.18. The van der Waals surface area contributed by atoms with E-state index in [1.54, 1.807) is 6.92 Å². The van der Waals surface area contributed by atoms with Gasteiger partial charge in [0.15, 0.2) is 0 Å². The fraction of sp³-hybridized carbons (Fsp3) is 0.778. The number of halogens is 1. The average Bonchev–Trinajstić information content (AvgIpc) is 2.50. The van der Waals surface area contributed by atoms with E-state index >= 15 is 0 Å². The van der Waals surface area contributed by atoms with E-state index in [4.69, 9.17) is 21.2 Å². The number of alkyl halides is 1. The van der Waals surface area contributed by atoms with Crippen molar-refractivity contribution >= 4 is 23.3 Å². The Hall–Kier alpha value is -0.770. The van der Waals surface area contributed by atoms with Crippen LogP contribution in [-0.4, -0.2) is 23.3 Å². The van der Waals surface area contributed by atoms with Crippen LogP contribution < -0.4 is 0 Å². The van der Waals surface area contributed by atoms with Gasteiger partial charge in [-0.15, -0.1) is 0 Å². The molecule has 0 N–H and O–H groups in total. The second kappa shape index (κ2) is 4.17. The quantitative estimate of drug-likeness (QED) is 0.538. The summed E-state index contributed by atoms with van der Waals surface area (Å²) in [5, 5.41) is 2.34. The standard InChI is InChI=1S/C9H14ClNO3/c1-4-13-8(12)9(10)5-7(6(2)3)11-14-9/h6H,4-5H2,1-3H3. The summed E-state index contributed by atoms with van der Waals surface area (Å²) in [5.41, 5.74) is 0.785. The largest absolute Gasteiger partial charge is 0.462 e. The van der Waals surface area contributed by atoms with Crippen molar-refractivity contribution in [3.63, 3.8) is 0 Å². The van der Waals surface area contributed by atoms with Gasteiger partial charge in [-0.25, -0.2) is 4.79 Å². The molecular formula is C9H14ClNO3. The van der Waals surface area contributed by atoms with E-state index < -0.39 is 11.0 Å². The smallest absolute Gasteiger partial charge is 0.369 e. The molecule has 1 rings (SSSR count). The molecule has 1 aliphatic heterocycles. The lowest BCUT2D eigenvalue weighted by Crippen LogP contribution is -2.35. The summed E-state index contributed by atoms with van der Waals surface area (Å²) in [6, 6.07) is 0. The Morgan fingerprint density at radius 2 is 2.43 bits per heavy atom. The van der Waals surface area contributed by atoms with Gasteiger partial charge in [-0.05, 0) is 12.8 Å².